The molecule has 3 rings (SSSR count). The minimum Gasteiger partial charge on any atom is -0.375 e. The molecule has 1 aliphatic rings. The fourth-order valence-corrected chi connectivity index (χ4v) is 4.47. The number of benzene rings is 1. The van der Waals surface area contributed by atoms with Gasteiger partial charge < -0.3 is 5.73 Å². The largest absolute Gasteiger partial charge is 0.375 e. The van der Waals surface area contributed by atoms with Crippen LogP contribution in [0.3, 0.4) is 0 Å². The van der Waals surface area contributed by atoms with Crippen molar-refractivity contribution in [1.82, 2.24) is 9.88 Å². The van der Waals surface area contributed by atoms with E-state index in [1.165, 1.54) is 28.2 Å². The van der Waals surface area contributed by atoms with Crippen LogP contribution in [0.15, 0.2) is 18.2 Å². The van der Waals surface area contributed by atoms with Gasteiger partial charge in [-0.15, -0.1) is 0 Å². The molecule has 0 aliphatic carbocycles. The second kappa shape index (κ2) is 5.07. The van der Waals surface area contributed by atoms with Gasteiger partial charge in [0, 0.05) is 18.3 Å². The van der Waals surface area contributed by atoms with Gasteiger partial charge in [-0.05, 0) is 36.9 Å². The molecule has 1 aromatic heterocycles. The molecule has 1 fully saturated rings. The Morgan fingerprint density at radius 3 is 3.17 bits per heavy atom. The van der Waals surface area contributed by atoms with Gasteiger partial charge in [-0.3, -0.25) is 4.90 Å². The van der Waals surface area contributed by atoms with E-state index >= 15 is 0 Å². The molecule has 1 atom stereocenters. The van der Waals surface area contributed by atoms with Gasteiger partial charge in [-0.1, -0.05) is 17.4 Å². The number of aromatic nitrogens is 1. The number of rotatable bonds is 3. The molecule has 1 aliphatic heterocycles. The van der Waals surface area contributed by atoms with Crippen LogP contribution in [0.1, 0.15) is 12.0 Å². The summed E-state index contributed by atoms with van der Waals surface area (Å²) in [7, 11) is 2.22. The van der Waals surface area contributed by atoms with Gasteiger partial charge in [-0.2, -0.15) is 11.8 Å². The predicted octanol–water partition coefficient (Wildman–Crippen LogP) is 2.82. The fourth-order valence-electron chi connectivity index (χ4n) is 2.37. The molecule has 0 spiro atoms. The van der Waals surface area contributed by atoms with Crippen molar-refractivity contribution in [2.75, 3.05) is 24.3 Å². The molecule has 1 saturated heterocycles. The van der Waals surface area contributed by atoms with E-state index in [1.807, 2.05) is 0 Å². The highest BCUT2D eigenvalue weighted by Gasteiger charge is 2.19. The zero-order chi connectivity index (χ0) is 12.5. The van der Waals surface area contributed by atoms with Crippen molar-refractivity contribution < 1.29 is 0 Å². The summed E-state index contributed by atoms with van der Waals surface area (Å²) >= 11 is 3.63. The average Bonchev–Trinajstić information content (AvgIpc) is 2.95. The maximum absolute atomic E-state index is 5.74. The quantitative estimate of drug-likeness (QED) is 0.938. The average molecular weight is 279 g/mol. The predicted molar refractivity (Wildman–Crippen MR) is 81.2 cm³/mol. The normalized spacial score (nSPS) is 20.0. The molecule has 18 heavy (non-hydrogen) atoms. The Morgan fingerprint density at radius 2 is 2.39 bits per heavy atom. The summed E-state index contributed by atoms with van der Waals surface area (Å²) in [6.07, 6.45) is 1.32. The number of thioether (sulfide) groups is 1. The van der Waals surface area contributed by atoms with E-state index in [1.54, 1.807) is 11.3 Å². The number of hydrogen-bond donors (Lipinski definition) is 1. The van der Waals surface area contributed by atoms with E-state index in [0.29, 0.717) is 5.13 Å². The Morgan fingerprint density at radius 1 is 1.50 bits per heavy atom. The van der Waals surface area contributed by atoms with Crippen molar-refractivity contribution >= 4 is 38.4 Å². The van der Waals surface area contributed by atoms with E-state index in [2.05, 4.69) is 46.9 Å². The Hall–Kier alpha value is -0.780. The minimum atomic E-state index is 0.655. The van der Waals surface area contributed by atoms with Gasteiger partial charge >= 0.3 is 0 Å². The van der Waals surface area contributed by atoms with Gasteiger partial charge in [0.1, 0.15) is 0 Å². The van der Waals surface area contributed by atoms with E-state index in [0.717, 1.165) is 18.1 Å². The lowest BCUT2D eigenvalue weighted by atomic mass is 10.1. The first-order valence-electron chi connectivity index (χ1n) is 6.15. The third-order valence-corrected chi connectivity index (χ3v) is 5.42. The van der Waals surface area contributed by atoms with Gasteiger partial charge in [-0.25, -0.2) is 4.98 Å². The Balaban J connectivity index is 1.77. The number of nitrogens with two attached hydrogens (primary N) is 1. The highest BCUT2D eigenvalue weighted by atomic mass is 32.2. The monoisotopic (exact) mass is 279 g/mol. The lowest BCUT2D eigenvalue weighted by Gasteiger charge is -2.23. The SMILES string of the molecule is CN(Cc1ccc2nc(N)sc2c1)C1CCSC1. The number of anilines is 1. The number of nitrogens with zero attached hydrogens (tertiary/aromatic N) is 2. The maximum Gasteiger partial charge on any atom is 0.181 e. The second-order valence-corrected chi connectivity index (χ2v) is 7.00. The third kappa shape index (κ3) is 2.48. The molecule has 0 bridgehead atoms. The summed E-state index contributed by atoms with van der Waals surface area (Å²) < 4.78 is 1.19. The zero-order valence-corrected chi connectivity index (χ0v) is 12.1. The van der Waals surface area contributed by atoms with Gasteiger partial charge in [0.15, 0.2) is 5.13 Å². The summed E-state index contributed by atoms with van der Waals surface area (Å²) in [4.78, 5) is 6.75. The standard InChI is InChI=1S/C13H17N3S2/c1-16(10-4-5-17-8-10)7-9-2-3-11-12(6-9)18-13(14)15-11/h2-3,6,10H,4-5,7-8H2,1H3,(H2,14,15). The second-order valence-electron chi connectivity index (χ2n) is 4.79. The van der Waals surface area contributed by atoms with Crippen LogP contribution in [-0.2, 0) is 6.54 Å². The van der Waals surface area contributed by atoms with Crippen LogP contribution in [0.2, 0.25) is 0 Å². The molecular weight excluding hydrogens is 262 g/mol. The number of fused-ring (bicyclic) bond motifs is 1. The van der Waals surface area contributed by atoms with Gasteiger partial charge in [0.25, 0.3) is 0 Å². The molecule has 2 N–H and O–H groups in total. The maximum atomic E-state index is 5.74. The summed E-state index contributed by atoms with van der Waals surface area (Å²) in [6, 6.07) is 7.20. The lowest BCUT2D eigenvalue weighted by Crippen LogP contribution is -2.30. The van der Waals surface area contributed by atoms with Crippen molar-refractivity contribution in [3.63, 3.8) is 0 Å². The molecule has 2 heterocycles. The van der Waals surface area contributed by atoms with Crippen molar-refractivity contribution in [3.8, 4) is 0 Å². The lowest BCUT2D eigenvalue weighted by molar-refractivity contribution is 0.254. The van der Waals surface area contributed by atoms with Crippen LogP contribution in [0, 0.1) is 0 Å². The fraction of sp³-hybridized carbons (Fsp3) is 0.462. The van der Waals surface area contributed by atoms with Crippen LogP contribution in [0.4, 0.5) is 5.13 Å². The molecule has 96 valence electrons. The van der Waals surface area contributed by atoms with Crippen LogP contribution in [0.5, 0.6) is 0 Å². The molecule has 0 saturated carbocycles. The molecule has 0 amide bonds. The van der Waals surface area contributed by atoms with Gasteiger partial charge in [0.2, 0.25) is 0 Å². The molecular formula is C13H17N3S2. The summed E-state index contributed by atoms with van der Waals surface area (Å²) in [5, 5.41) is 0.655. The van der Waals surface area contributed by atoms with Crippen molar-refractivity contribution in [2.45, 2.75) is 19.0 Å². The van der Waals surface area contributed by atoms with Crippen LogP contribution in [-0.4, -0.2) is 34.5 Å². The Kier molecular flexibility index (Phi) is 3.46. The number of thiazole rings is 1. The third-order valence-electron chi connectivity index (χ3n) is 3.43. The Bertz CT molecular complexity index is 546. The molecule has 2 aromatic rings. The van der Waals surface area contributed by atoms with Gasteiger partial charge in [0.05, 0.1) is 10.2 Å². The summed E-state index contributed by atoms with van der Waals surface area (Å²) in [6.45, 7) is 1.01. The number of hydrogen-bond acceptors (Lipinski definition) is 5. The first-order valence-corrected chi connectivity index (χ1v) is 8.12. The van der Waals surface area contributed by atoms with E-state index in [9.17, 15) is 0 Å². The first kappa shape index (κ1) is 12.3. The highest BCUT2D eigenvalue weighted by molar-refractivity contribution is 7.99. The first-order chi connectivity index (χ1) is 8.72. The molecule has 1 unspecified atom stereocenters. The summed E-state index contributed by atoms with van der Waals surface area (Å²) in [5.41, 5.74) is 8.10. The summed E-state index contributed by atoms with van der Waals surface area (Å²) in [5.74, 6) is 2.58. The minimum absolute atomic E-state index is 0.655. The smallest absolute Gasteiger partial charge is 0.181 e. The molecule has 1 aromatic carbocycles. The molecule has 3 nitrogen and oxygen atoms in total. The van der Waals surface area contributed by atoms with E-state index in [-0.39, 0.29) is 0 Å². The van der Waals surface area contributed by atoms with Crippen LogP contribution in [0.25, 0.3) is 10.2 Å². The van der Waals surface area contributed by atoms with Crippen molar-refractivity contribution in [1.29, 1.82) is 0 Å². The zero-order valence-electron chi connectivity index (χ0n) is 10.4. The topological polar surface area (TPSA) is 42.2 Å². The van der Waals surface area contributed by atoms with Crippen molar-refractivity contribution in [3.05, 3.63) is 23.8 Å². The van der Waals surface area contributed by atoms with E-state index in [4.69, 9.17) is 5.73 Å². The van der Waals surface area contributed by atoms with E-state index < -0.39 is 0 Å². The van der Waals surface area contributed by atoms with Crippen LogP contribution >= 0.6 is 23.1 Å². The number of nitrogen functional groups attached to an aromatic ring is 1. The molecule has 5 heteroatoms. The van der Waals surface area contributed by atoms with Crippen molar-refractivity contribution in [2.24, 2.45) is 0 Å². The highest BCUT2D eigenvalue weighted by Crippen LogP contribution is 2.26. The Labute approximate surface area is 115 Å². The molecule has 0 radical (unpaired) electrons. The van der Waals surface area contributed by atoms with Crippen LogP contribution < -0.4 is 5.73 Å².